The lowest BCUT2D eigenvalue weighted by atomic mass is 10.2. The summed E-state index contributed by atoms with van der Waals surface area (Å²) < 4.78 is 15.8. The first-order chi connectivity index (χ1) is 11.0. The Labute approximate surface area is 147 Å². The molecular weight excluding hydrogens is 338 g/mol. The van der Waals surface area contributed by atoms with Crippen LogP contribution < -0.4 is 20.2 Å². The van der Waals surface area contributed by atoms with E-state index < -0.39 is 0 Å². The molecule has 1 rings (SSSR count). The Morgan fingerprint density at radius 1 is 1.43 bits per heavy atom. The molecule has 0 saturated carbocycles. The van der Waals surface area contributed by atoms with Gasteiger partial charge in [-0.2, -0.15) is 5.10 Å². The van der Waals surface area contributed by atoms with Crippen molar-refractivity contribution in [2.75, 3.05) is 27.4 Å². The summed E-state index contributed by atoms with van der Waals surface area (Å²) in [5, 5.41) is 7.98. The summed E-state index contributed by atoms with van der Waals surface area (Å²) in [6.45, 7) is 4.91. The fraction of sp³-hybridized carbons (Fsp3) is 0.467. The van der Waals surface area contributed by atoms with Crippen LogP contribution in [0.2, 0.25) is 5.02 Å². The molecule has 0 heterocycles. The lowest BCUT2D eigenvalue weighted by Gasteiger charge is -2.14. The third kappa shape index (κ3) is 6.60. The summed E-state index contributed by atoms with van der Waals surface area (Å²) in [6.07, 6.45) is 1.60. The van der Waals surface area contributed by atoms with E-state index in [4.69, 9.17) is 38.0 Å². The van der Waals surface area contributed by atoms with Gasteiger partial charge in [0.25, 0.3) is 0 Å². The summed E-state index contributed by atoms with van der Waals surface area (Å²) >= 11 is 11.3. The summed E-state index contributed by atoms with van der Waals surface area (Å²) in [4.78, 5) is 0. The molecule has 1 aromatic rings. The molecule has 0 radical (unpaired) electrons. The molecule has 0 aromatic heterocycles. The first-order valence-corrected chi connectivity index (χ1v) is 7.89. The Balaban J connectivity index is 2.71. The van der Waals surface area contributed by atoms with Crippen molar-refractivity contribution in [2.24, 2.45) is 5.10 Å². The van der Waals surface area contributed by atoms with E-state index in [1.807, 2.05) is 13.8 Å². The van der Waals surface area contributed by atoms with Crippen LogP contribution in [0.4, 0.5) is 0 Å². The highest BCUT2D eigenvalue weighted by Gasteiger charge is 2.10. The van der Waals surface area contributed by atoms with Crippen LogP contribution in [0.25, 0.3) is 0 Å². The molecule has 23 heavy (non-hydrogen) atoms. The second kappa shape index (κ2) is 10.3. The minimum absolute atomic E-state index is 0.0928. The van der Waals surface area contributed by atoms with Gasteiger partial charge < -0.3 is 19.5 Å². The Bertz CT molecular complexity index is 555. The maximum Gasteiger partial charge on any atom is 0.187 e. The number of nitrogens with zero attached hydrogens (tertiary/aromatic N) is 1. The van der Waals surface area contributed by atoms with Gasteiger partial charge in [-0.15, -0.1) is 0 Å². The Morgan fingerprint density at radius 3 is 2.78 bits per heavy atom. The fourth-order valence-corrected chi connectivity index (χ4v) is 2.39. The Morgan fingerprint density at radius 2 is 2.17 bits per heavy atom. The van der Waals surface area contributed by atoms with Gasteiger partial charge in [0.1, 0.15) is 0 Å². The van der Waals surface area contributed by atoms with Crippen molar-refractivity contribution in [2.45, 2.75) is 19.9 Å². The van der Waals surface area contributed by atoms with Crippen LogP contribution in [0, 0.1) is 0 Å². The number of thiocarbonyl (C=S) groups is 1. The van der Waals surface area contributed by atoms with Crippen molar-refractivity contribution in [1.29, 1.82) is 0 Å². The summed E-state index contributed by atoms with van der Waals surface area (Å²) in [5.41, 5.74) is 3.50. The quantitative estimate of drug-likeness (QED) is 0.422. The van der Waals surface area contributed by atoms with Crippen molar-refractivity contribution in [3.05, 3.63) is 22.7 Å². The molecule has 0 amide bonds. The molecule has 1 atom stereocenters. The van der Waals surface area contributed by atoms with Crippen molar-refractivity contribution in [3.63, 3.8) is 0 Å². The molecule has 0 fully saturated rings. The summed E-state index contributed by atoms with van der Waals surface area (Å²) in [5.74, 6) is 1.07. The number of hydrogen-bond acceptors (Lipinski definition) is 5. The first-order valence-electron chi connectivity index (χ1n) is 7.10. The number of methoxy groups -OCH3 is 2. The van der Waals surface area contributed by atoms with Crippen molar-refractivity contribution in [1.82, 2.24) is 10.7 Å². The second-order valence-corrected chi connectivity index (χ2v) is 5.48. The Kier molecular flexibility index (Phi) is 8.68. The molecule has 0 aliphatic rings. The molecule has 6 nitrogen and oxygen atoms in total. The minimum atomic E-state index is 0.0928. The highest BCUT2D eigenvalue weighted by atomic mass is 35.5. The van der Waals surface area contributed by atoms with Crippen LogP contribution in [-0.2, 0) is 4.74 Å². The number of hydrazone groups is 1. The highest BCUT2D eigenvalue weighted by molar-refractivity contribution is 7.80. The number of rotatable bonds is 8. The maximum atomic E-state index is 6.18. The SMILES string of the molecule is CCOc1cc(/C=N\NC(=S)N[C@@H](C)COC)cc(Cl)c1OC. The molecule has 0 spiro atoms. The van der Waals surface area contributed by atoms with Gasteiger partial charge >= 0.3 is 0 Å². The van der Waals surface area contributed by atoms with Gasteiger partial charge in [-0.3, -0.25) is 5.43 Å². The largest absolute Gasteiger partial charge is 0.491 e. The van der Waals surface area contributed by atoms with E-state index in [1.54, 1.807) is 32.6 Å². The summed E-state index contributed by atoms with van der Waals surface area (Å²) in [6, 6.07) is 3.62. The third-order valence-electron chi connectivity index (χ3n) is 2.71. The van der Waals surface area contributed by atoms with Gasteiger partial charge in [0.05, 0.1) is 31.6 Å². The van der Waals surface area contributed by atoms with Gasteiger partial charge in [-0.05, 0) is 43.8 Å². The van der Waals surface area contributed by atoms with Crippen LogP contribution in [0.3, 0.4) is 0 Å². The maximum absolute atomic E-state index is 6.18. The molecule has 8 heteroatoms. The highest BCUT2D eigenvalue weighted by Crippen LogP contribution is 2.35. The van der Waals surface area contributed by atoms with Crippen LogP contribution >= 0.6 is 23.8 Å². The second-order valence-electron chi connectivity index (χ2n) is 4.67. The number of ether oxygens (including phenoxy) is 3. The molecule has 0 bridgehead atoms. The molecule has 128 valence electrons. The number of benzene rings is 1. The van der Waals surface area contributed by atoms with E-state index in [0.717, 1.165) is 5.56 Å². The van der Waals surface area contributed by atoms with E-state index in [9.17, 15) is 0 Å². The zero-order chi connectivity index (χ0) is 17.2. The zero-order valence-corrected chi connectivity index (χ0v) is 15.3. The van der Waals surface area contributed by atoms with E-state index >= 15 is 0 Å². The van der Waals surface area contributed by atoms with Gasteiger partial charge in [0.15, 0.2) is 16.6 Å². The molecule has 0 saturated heterocycles. The lowest BCUT2D eigenvalue weighted by Crippen LogP contribution is -2.40. The van der Waals surface area contributed by atoms with Gasteiger partial charge in [0, 0.05) is 13.2 Å². The summed E-state index contributed by atoms with van der Waals surface area (Å²) in [7, 11) is 3.18. The average molecular weight is 360 g/mol. The van der Waals surface area contributed by atoms with Gasteiger partial charge in [-0.1, -0.05) is 11.6 Å². The van der Waals surface area contributed by atoms with Crippen LogP contribution in [0.5, 0.6) is 11.5 Å². The zero-order valence-electron chi connectivity index (χ0n) is 13.7. The molecule has 2 N–H and O–H groups in total. The standard InChI is InChI=1S/C15H22ClN3O3S/c1-5-22-13-7-11(6-12(16)14(13)21-4)8-17-19-15(23)18-10(2)9-20-3/h6-8,10H,5,9H2,1-4H3,(H2,18,19,23)/b17-8-/t10-/m0/s1. The predicted octanol–water partition coefficient (Wildman–Crippen LogP) is 2.58. The third-order valence-corrected chi connectivity index (χ3v) is 3.20. The van der Waals surface area contributed by atoms with Gasteiger partial charge in [-0.25, -0.2) is 0 Å². The topological polar surface area (TPSA) is 64.1 Å². The number of halogens is 1. The molecular formula is C15H22ClN3O3S. The smallest absolute Gasteiger partial charge is 0.187 e. The molecule has 0 unspecified atom stereocenters. The van der Waals surface area contributed by atoms with E-state index in [-0.39, 0.29) is 6.04 Å². The van der Waals surface area contributed by atoms with Crippen molar-refractivity contribution < 1.29 is 14.2 Å². The number of hydrogen-bond donors (Lipinski definition) is 2. The molecule has 1 aromatic carbocycles. The van der Waals surface area contributed by atoms with E-state index in [1.165, 1.54) is 0 Å². The van der Waals surface area contributed by atoms with E-state index in [0.29, 0.717) is 34.8 Å². The van der Waals surface area contributed by atoms with Crippen molar-refractivity contribution in [3.8, 4) is 11.5 Å². The van der Waals surface area contributed by atoms with Crippen LogP contribution in [0.15, 0.2) is 17.2 Å². The minimum Gasteiger partial charge on any atom is -0.491 e. The lowest BCUT2D eigenvalue weighted by molar-refractivity contribution is 0.179. The predicted molar refractivity (Wildman–Crippen MR) is 97.0 cm³/mol. The van der Waals surface area contributed by atoms with Crippen LogP contribution in [-0.4, -0.2) is 44.8 Å². The van der Waals surface area contributed by atoms with Gasteiger partial charge in [0.2, 0.25) is 0 Å². The van der Waals surface area contributed by atoms with E-state index in [2.05, 4.69) is 15.8 Å². The average Bonchev–Trinajstić information content (AvgIpc) is 2.47. The Hall–Kier alpha value is -1.57. The number of nitrogens with one attached hydrogen (secondary N) is 2. The van der Waals surface area contributed by atoms with Crippen LogP contribution in [0.1, 0.15) is 19.4 Å². The molecule has 0 aliphatic heterocycles. The normalized spacial score (nSPS) is 12.0. The fourth-order valence-electron chi connectivity index (χ4n) is 1.84. The first kappa shape index (κ1) is 19.5. The molecule has 0 aliphatic carbocycles. The monoisotopic (exact) mass is 359 g/mol. The van der Waals surface area contributed by atoms with Crippen molar-refractivity contribution >= 4 is 35.1 Å².